The standard InChI is InChI=1S/C30H30N2O2S2/c1-20-18-22(10-12-24(20)31-28(33)26-8-6-16-35-26)30(14-4-3-5-15-30)23-11-13-25(21(2)19-23)32-29(34)27-9-7-17-36-27/h6-13,16-19H,3-5,14-15H2,1-2H3,(H,31,33)(H,32,34). The van der Waals surface area contributed by atoms with Crippen molar-refractivity contribution in [1.29, 1.82) is 0 Å². The number of aryl methyl sites for hydroxylation is 2. The summed E-state index contributed by atoms with van der Waals surface area (Å²) in [5.41, 5.74) is 6.36. The summed E-state index contributed by atoms with van der Waals surface area (Å²) >= 11 is 2.89. The summed E-state index contributed by atoms with van der Waals surface area (Å²) in [5, 5.41) is 9.98. The van der Waals surface area contributed by atoms with E-state index in [0.29, 0.717) is 9.75 Å². The predicted molar refractivity (Wildman–Crippen MR) is 151 cm³/mol. The Morgan fingerprint density at radius 1 is 0.694 bits per heavy atom. The highest BCUT2D eigenvalue weighted by Crippen LogP contribution is 2.46. The van der Waals surface area contributed by atoms with E-state index in [2.05, 4.69) is 60.9 Å². The number of benzene rings is 2. The van der Waals surface area contributed by atoms with Gasteiger partial charge in [0.15, 0.2) is 0 Å². The fourth-order valence-corrected chi connectivity index (χ4v) is 6.52. The summed E-state index contributed by atoms with van der Waals surface area (Å²) in [6.07, 6.45) is 5.81. The highest BCUT2D eigenvalue weighted by atomic mass is 32.1. The van der Waals surface area contributed by atoms with Crippen molar-refractivity contribution in [3.63, 3.8) is 0 Å². The van der Waals surface area contributed by atoms with Crippen LogP contribution in [0.4, 0.5) is 11.4 Å². The van der Waals surface area contributed by atoms with E-state index in [4.69, 9.17) is 0 Å². The maximum absolute atomic E-state index is 12.6. The van der Waals surface area contributed by atoms with Gasteiger partial charge in [-0.2, -0.15) is 0 Å². The zero-order valence-corrected chi connectivity index (χ0v) is 22.2. The second-order valence-corrected chi connectivity index (χ2v) is 11.5. The van der Waals surface area contributed by atoms with Gasteiger partial charge in [0.1, 0.15) is 0 Å². The Labute approximate surface area is 220 Å². The maximum atomic E-state index is 12.6. The number of nitrogens with one attached hydrogen (secondary N) is 2. The molecule has 184 valence electrons. The van der Waals surface area contributed by atoms with Gasteiger partial charge in [-0.25, -0.2) is 0 Å². The molecule has 1 aliphatic carbocycles. The van der Waals surface area contributed by atoms with Crippen LogP contribution in [0, 0.1) is 13.8 Å². The maximum Gasteiger partial charge on any atom is 0.265 e. The number of rotatable bonds is 6. The van der Waals surface area contributed by atoms with Crippen LogP contribution in [0.2, 0.25) is 0 Å². The van der Waals surface area contributed by atoms with Gasteiger partial charge in [0.2, 0.25) is 0 Å². The minimum absolute atomic E-state index is 0.0657. The Morgan fingerprint density at radius 2 is 1.17 bits per heavy atom. The van der Waals surface area contributed by atoms with E-state index in [1.165, 1.54) is 53.1 Å². The van der Waals surface area contributed by atoms with Crippen molar-refractivity contribution < 1.29 is 9.59 Å². The predicted octanol–water partition coefficient (Wildman–Crippen LogP) is 8.18. The summed E-state index contributed by atoms with van der Waals surface area (Å²) in [6, 6.07) is 20.4. The van der Waals surface area contributed by atoms with Gasteiger partial charge < -0.3 is 10.6 Å². The second-order valence-electron chi connectivity index (χ2n) is 9.57. The first kappa shape index (κ1) is 24.5. The van der Waals surface area contributed by atoms with E-state index in [1.54, 1.807) is 0 Å². The molecule has 0 atom stereocenters. The van der Waals surface area contributed by atoms with Crippen LogP contribution in [-0.2, 0) is 5.41 Å². The largest absolute Gasteiger partial charge is 0.321 e. The molecule has 0 unspecified atom stereocenters. The van der Waals surface area contributed by atoms with Gasteiger partial charge >= 0.3 is 0 Å². The highest BCUT2D eigenvalue weighted by molar-refractivity contribution is 7.12. The monoisotopic (exact) mass is 514 g/mol. The van der Waals surface area contributed by atoms with Crippen LogP contribution in [-0.4, -0.2) is 11.8 Å². The van der Waals surface area contributed by atoms with Gasteiger partial charge in [-0.1, -0.05) is 55.7 Å². The SMILES string of the molecule is Cc1cc(C2(c3ccc(NC(=O)c4cccs4)c(C)c3)CCCCC2)ccc1NC(=O)c1cccs1. The van der Waals surface area contributed by atoms with Gasteiger partial charge in [0, 0.05) is 16.8 Å². The van der Waals surface area contributed by atoms with E-state index in [9.17, 15) is 9.59 Å². The number of anilines is 2. The smallest absolute Gasteiger partial charge is 0.265 e. The van der Waals surface area contributed by atoms with Crippen molar-refractivity contribution in [1.82, 2.24) is 0 Å². The number of hydrogen-bond donors (Lipinski definition) is 2. The lowest BCUT2D eigenvalue weighted by atomic mass is 9.65. The summed E-state index contributed by atoms with van der Waals surface area (Å²) in [5.74, 6) is -0.131. The lowest BCUT2D eigenvalue weighted by Gasteiger charge is -2.39. The molecule has 0 radical (unpaired) electrons. The van der Waals surface area contributed by atoms with E-state index in [-0.39, 0.29) is 17.2 Å². The molecule has 1 fully saturated rings. The molecular formula is C30H30N2O2S2. The van der Waals surface area contributed by atoms with Crippen LogP contribution >= 0.6 is 22.7 Å². The fourth-order valence-electron chi connectivity index (χ4n) is 5.29. The van der Waals surface area contributed by atoms with Gasteiger partial charge in [-0.15, -0.1) is 22.7 Å². The molecule has 6 heteroatoms. The second kappa shape index (κ2) is 10.4. The molecule has 2 aromatic carbocycles. The van der Waals surface area contributed by atoms with E-state index in [1.807, 2.05) is 35.0 Å². The molecule has 0 spiro atoms. The van der Waals surface area contributed by atoms with Crippen molar-refractivity contribution in [2.24, 2.45) is 0 Å². The summed E-state index contributed by atoms with van der Waals surface area (Å²) in [6.45, 7) is 4.14. The first-order valence-corrected chi connectivity index (χ1v) is 14.1. The Kier molecular flexibility index (Phi) is 7.08. The van der Waals surface area contributed by atoms with Crippen molar-refractivity contribution in [3.05, 3.63) is 103 Å². The van der Waals surface area contributed by atoms with Gasteiger partial charge in [0.05, 0.1) is 9.75 Å². The van der Waals surface area contributed by atoms with Crippen LogP contribution in [0.1, 0.15) is 73.7 Å². The first-order chi connectivity index (χ1) is 17.5. The topological polar surface area (TPSA) is 58.2 Å². The molecular weight excluding hydrogens is 484 g/mol. The lowest BCUT2D eigenvalue weighted by Crippen LogP contribution is -2.31. The van der Waals surface area contributed by atoms with Crippen LogP contribution in [0.5, 0.6) is 0 Å². The normalized spacial score (nSPS) is 14.8. The Hall–Kier alpha value is -3.22. The molecule has 0 bridgehead atoms. The number of carbonyl (C=O) groups is 2. The van der Waals surface area contributed by atoms with Crippen LogP contribution in [0.15, 0.2) is 71.4 Å². The lowest BCUT2D eigenvalue weighted by molar-refractivity contribution is 0.102. The van der Waals surface area contributed by atoms with Gasteiger partial charge in [0.25, 0.3) is 11.8 Å². The van der Waals surface area contributed by atoms with Crippen LogP contribution in [0.25, 0.3) is 0 Å². The molecule has 5 rings (SSSR count). The summed E-state index contributed by atoms with van der Waals surface area (Å²) in [4.78, 5) is 26.6. The Morgan fingerprint density at radius 3 is 1.56 bits per heavy atom. The molecule has 36 heavy (non-hydrogen) atoms. The van der Waals surface area contributed by atoms with E-state index >= 15 is 0 Å². The first-order valence-electron chi connectivity index (χ1n) is 12.4. The summed E-state index contributed by atoms with van der Waals surface area (Å²) < 4.78 is 0. The molecule has 4 aromatic rings. The van der Waals surface area contributed by atoms with E-state index < -0.39 is 0 Å². The zero-order chi connectivity index (χ0) is 25.1. The molecule has 0 aliphatic heterocycles. The van der Waals surface area contributed by atoms with Crippen molar-refractivity contribution in [2.45, 2.75) is 51.4 Å². The number of carbonyl (C=O) groups excluding carboxylic acids is 2. The minimum atomic E-state index is -0.0691. The number of hydrogen-bond acceptors (Lipinski definition) is 4. The van der Waals surface area contributed by atoms with Gasteiger partial charge in [-0.05, 0) is 84.0 Å². The van der Waals surface area contributed by atoms with Crippen LogP contribution < -0.4 is 10.6 Å². The molecule has 1 aliphatic rings. The van der Waals surface area contributed by atoms with Crippen molar-refractivity contribution in [2.75, 3.05) is 10.6 Å². The Balaban J connectivity index is 1.43. The molecule has 2 aromatic heterocycles. The third kappa shape index (κ3) is 4.88. The molecule has 2 N–H and O–H groups in total. The number of thiophene rings is 2. The van der Waals surface area contributed by atoms with Crippen molar-refractivity contribution in [3.8, 4) is 0 Å². The summed E-state index contributed by atoms with van der Waals surface area (Å²) in [7, 11) is 0. The Bertz CT molecular complexity index is 1270. The third-order valence-electron chi connectivity index (χ3n) is 7.25. The molecule has 0 saturated heterocycles. The zero-order valence-electron chi connectivity index (χ0n) is 20.6. The van der Waals surface area contributed by atoms with Crippen LogP contribution in [0.3, 0.4) is 0 Å². The highest BCUT2D eigenvalue weighted by Gasteiger charge is 2.36. The fraction of sp³-hybridized carbons (Fsp3) is 0.267. The quantitative estimate of drug-likeness (QED) is 0.272. The van der Waals surface area contributed by atoms with Crippen molar-refractivity contribution >= 4 is 45.9 Å². The van der Waals surface area contributed by atoms with Gasteiger partial charge in [-0.3, -0.25) is 9.59 Å². The molecule has 4 nitrogen and oxygen atoms in total. The molecule has 2 amide bonds. The number of amides is 2. The molecule has 1 saturated carbocycles. The minimum Gasteiger partial charge on any atom is -0.321 e. The average molecular weight is 515 g/mol. The average Bonchev–Trinajstić information content (AvgIpc) is 3.62. The molecule has 2 heterocycles. The van der Waals surface area contributed by atoms with E-state index in [0.717, 1.165) is 35.3 Å². The third-order valence-corrected chi connectivity index (χ3v) is 8.99.